The number of fused-ring (bicyclic) bond motifs is 4. The molecule has 9 heteroatoms. The molecule has 0 bridgehead atoms. The number of aliphatic hydroxyl groups excluding tert-OH is 1. The van der Waals surface area contributed by atoms with Gasteiger partial charge in [0.05, 0.1) is 5.52 Å². The fourth-order valence-electron chi connectivity index (χ4n) is 5.26. The SMILES string of the molecule is CC(C)(C)OC(=O)n1cc(C[C@H](NC(=O)OCC2c3ccccc3-c3ccccc32)/C(O)=C/[N+]#N)c2ccccc21. The van der Waals surface area contributed by atoms with Crippen LogP contribution in [-0.4, -0.2) is 40.1 Å². The number of hydrogen-bond acceptors (Lipinski definition) is 6. The summed E-state index contributed by atoms with van der Waals surface area (Å²) in [6.45, 7) is 5.45. The fourth-order valence-corrected chi connectivity index (χ4v) is 5.26. The predicted octanol–water partition coefficient (Wildman–Crippen LogP) is 7.13. The molecule has 1 amide bonds. The molecule has 1 heterocycles. The van der Waals surface area contributed by atoms with E-state index in [9.17, 15) is 14.7 Å². The van der Waals surface area contributed by atoms with Crippen molar-refractivity contribution in [3.63, 3.8) is 0 Å². The number of nitrogens with zero attached hydrogens (tertiary/aromatic N) is 3. The normalized spacial score (nSPS) is 13.7. The molecule has 2 N–H and O–H groups in total. The van der Waals surface area contributed by atoms with Crippen LogP contribution in [-0.2, 0) is 15.9 Å². The number of alkyl carbamates (subject to hydrolysis) is 1. The Balaban J connectivity index is 1.36. The molecule has 1 aromatic heterocycles. The van der Waals surface area contributed by atoms with Gasteiger partial charge >= 0.3 is 18.4 Å². The van der Waals surface area contributed by atoms with Crippen LogP contribution in [0.5, 0.6) is 0 Å². The van der Waals surface area contributed by atoms with Crippen molar-refractivity contribution in [3.05, 3.63) is 113 Å². The molecular formula is C32H31N4O5+. The van der Waals surface area contributed by atoms with Crippen molar-refractivity contribution in [2.75, 3.05) is 6.61 Å². The first kappa shape index (κ1) is 27.5. The highest BCUT2D eigenvalue weighted by Crippen LogP contribution is 2.44. The minimum absolute atomic E-state index is 0.0817. The molecule has 4 aromatic rings. The van der Waals surface area contributed by atoms with Crippen molar-refractivity contribution in [2.45, 2.75) is 44.8 Å². The molecule has 0 radical (unpaired) electrons. The van der Waals surface area contributed by atoms with Gasteiger partial charge in [-0.25, -0.2) is 9.59 Å². The highest BCUT2D eigenvalue weighted by atomic mass is 16.6. The lowest BCUT2D eigenvalue weighted by Gasteiger charge is -2.19. The van der Waals surface area contributed by atoms with Crippen LogP contribution in [0.4, 0.5) is 9.59 Å². The number of diazo groups is 1. The standard InChI is InChI=1S/C32H30N4O5/c1-32(2,3)41-31(39)36-18-20(21-10-8-9-15-28(21)36)16-27(29(37)17-34-33)35-30(38)40-19-26-24-13-6-4-11-22(24)23-12-5-7-14-25(23)26/h4-15,17-18,26-27H,16,19H2,1-3H3,(H-,35,37,38)/p+1/b29-17-/t27-/m0/s1. The van der Waals surface area contributed by atoms with E-state index in [0.29, 0.717) is 11.1 Å². The maximum absolute atomic E-state index is 13.0. The van der Waals surface area contributed by atoms with Gasteiger partial charge in [-0.05, 0) is 54.7 Å². The van der Waals surface area contributed by atoms with Gasteiger partial charge < -0.3 is 19.9 Å². The average Bonchev–Trinajstić information content (AvgIpc) is 3.47. The molecule has 0 aliphatic heterocycles. The molecule has 1 atom stereocenters. The molecule has 41 heavy (non-hydrogen) atoms. The Hall–Kier alpha value is -5.10. The number of para-hydroxylation sites is 1. The van der Waals surface area contributed by atoms with Gasteiger partial charge in [-0.3, -0.25) is 4.57 Å². The Morgan fingerprint density at radius 3 is 2.27 bits per heavy atom. The first-order valence-electron chi connectivity index (χ1n) is 13.3. The zero-order valence-corrected chi connectivity index (χ0v) is 23.1. The maximum atomic E-state index is 13.0. The molecule has 0 unspecified atom stereocenters. The van der Waals surface area contributed by atoms with Gasteiger partial charge in [-0.1, -0.05) is 66.7 Å². The van der Waals surface area contributed by atoms with E-state index in [4.69, 9.17) is 14.9 Å². The third-order valence-electron chi connectivity index (χ3n) is 6.99. The molecule has 3 aromatic carbocycles. The number of carbonyl (C=O) groups excluding carboxylic acids is 2. The monoisotopic (exact) mass is 551 g/mol. The Morgan fingerprint density at radius 1 is 1.02 bits per heavy atom. The quantitative estimate of drug-likeness (QED) is 0.194. The molecule has 9 nitrogen and oxygen atoms in total. The third kappa shape index (κ3) is 5.77. The summed E-state index contributed by atoms with van der Waals surface area (Å²) in [4.78, 5) is 28.9. The average molecular weight is 552 g/mol. The maximum Gasteiger partial charge on any atom is 0.419 e. The Kier molecular flexibility index (Phi) is 7.49. The number of hydrogen-bond donors (Lipinski definition) is 2. The zero-order chi connectivity index (χ0) is 29.1. The molecule has 1 aliphatic rings. The van der Waals surface area contributed by atoms with Crippen LogP contribution >= 0.6 is 0 Å². The molecule has 208 valence electrons. The van der Waals surface area contributed by atoms with E-state index in [-0.39, 0.29) is 24.7 Å². The van der Waals surface area contributed by atoms with Crippen LogP contribution in [0.3, 0.4) is 0 Å². The van der Waals surface area contributed by atoms with Crippen molar-refractivity contribution in [1.82, 2.24) is 9.88 Å². The lowest BCUT2D eigenvalue weighted by atomic mass is 9.98. The van der Waals surface area contributed by atoms with Crippen LogP contribution in [0.15, 0.2) is 91.0 Å². The number of aromatic nitrogens is 1. The molecule has 0 saturated carbocycles. The number of rotatable bonds is 6. The summed E-state index contributed by atoms with van der Waals surface area (Å²) in [5.74, 6) is -0.509. The minimum Gasteiger partial charge on any atom is -0.504 e. The number of aliphatic hydroxyl groups is 1. The summed E-state index contributed by atoms with van der Waals surface area (Å²) in [7, 11) is 0. The minimum atomic E-state index is -1.00. The summed E-state index contributed by atoms with van der Waals surface area (Å²) >= 11 is 0. The molecule has 0 saturated heterocycles. The van der Waals surface area contributed by atoms with Crippen LogP contribution < -0.4 is 5.32 Å². The molecule has 0 spiro atoms. The van der Waals surface area contributed by atoms with Gasteiger partial charge in [0.2, 0.25) is 11.2 Å². The van der Waals surface area contributed by atoms with E-state index in [1.54, 1.807) is 39.1 Å². The number of ether oxygens (including phenoxy) is 2. The van der Waals surface area contributed by atoms with Gasteiger partial charge in [-0.2, -0.15) is 0 Å². The van der Waals surface area contributed by atoms with E-state index in [2.05, 4.69) is 22.4 Å². The summed E-state index contributed by atoms with van der Waals surface area (Å²) < 4.78 is 12.6. The van der Waals surface area contributed by atoms with Crippen LogP contribution in [0.2, 0.25) is 0 Å². The highest BCUT2D eigenvalue weighted by Gasteiger charge is 2.30. The third-order valence-corrected chi connectivity index (χ3v) is 6.99. The van der Waals surface area contributed by atoms with Crippen molar-refractivity contribution >= 4 is 23.1 Å². The number of nitrogens with one attached hydrogen (secondary N) is 1. The Morgan fingerprint density at radius 2 is 1.63 bits per heavy atom. The Labute approximate surface area is 237 Å². The van der Waals surface area contributed by atoms with Gasteiger partial charge in [0, 0.05) is 23.9 Å². The van der Waals surface area contributed by atoms with E-state index < -0.39 is 23.8 Å². The van der Waals surface area contributed by atoms with Crippen LogP contribution in [0.1, 0.15) is 43.4 Å². The molecule has 1 aliphatic carbocycles. The summed E-state index contributed by atoms with van der Waals surface area (Å²) in [6.07, 6.45) is 1.26. The Bertz CT molecular complexity index is 1650. The number of carbonyl (C=O) groups is 2. The summed E-state index contributed by atoms with van der Waals surface area (Å²) in [6, 6.07) is 22.3. The summed E-state index contributed by atoms with van der Waals surface area (Å²) in [5.41, 5.74) is 4.97. The number of amides is 1. The second-order valence-electron chi connectivity index (χ2n) is 10.9. The smallest absolute Gasteiger partial charge is 0.419 e. The molecular weight excluding hydrogens is 520 g/mol. The largest absolute Gasteiger partial charge is 0.504 e. The molecule has 0 fully saturated rings. The predicted molar refractivity (Wildman–Crippen MR) is 155 cm³/mol. The highest BCUT2D eigenvalue weighted by molar-refractivity contribution is 5.92. The van der Waals surface area contributed by atoms with E-state index in [1.807, 2.05) is 48.5 Å². The van der Waals surface area contributed by atoms with Gasteiger partial charge in [-0.15, -0.1) is 0 Å². The second-order valence-corrected chi connectivity index (χ2v) is 10.9. The van der Waals surface area contributed by atoms with Crippen molar-refractivity contribution in [2.24, 2.45) is 0 Å². The lowest BCUT2D eigenvalue weighted by Crippen LogP contribution is -2.38. The fraction of sp³-hybridized carbons (Fsp3) is 0.250. The van der Waals surface area contributed by atoms with Gasteiger partial charge in [0.15, 0.2) is 4.98 Å². The van der Waals surface area contributed by atoms with E-state index >= 15 is 0 Å². The summed E-state index contributed by atoms with van der Waals surface area (Å²) in [5, 5.41) is 23.1. The van der Waals surface area contributed by atoms with E-state index in [1.165, 1.54) is 4.57 Å². The lowest BCUT2D eigenvalue weighted by molar-refractivity contribution is 0.0544. The number of benzene rings is 3. The van der Waals surface area contributed by atoms with Crippen LogP contribution in [0, 0.1) is 5.39 Å². The molecule has 5 rings (SSSR count). The van der Waals surface area contributed by atoms with Gasteiger partial charge in [0.1, 0.15) is 18.2 Å². The van der Waals surface area contributed by atoms with Crippen molar-refractivity contribution in [3.8, 4) is 11.1 Å². The first-order valence-corrected chi connectivity index (χ1v) is 13.3. The first-order chi connectivity index (χ1) is 19.7. The van der Waals surface area contributed by atoms with Crippen LogP contribution in [0.25, 0.3) is 27.0 Å². The zero-order valence-electron chi connectivity index (χ0n) is 23.1. The second kappa shape index (κ2) is 11.2. The topological polar surface area (TPSA) is 118 Å². The van der Waals surface area contributed by atoms with Gasteiger partial charge in [0.25, 0.3) is 0 Å². The van der Waals surface area contributed by atoms with E-state index in [0.717, 1.165) is 33.8 Å². The van der Waals surface area contributed by atoms with Crippen molar-refractivity contribution in [1.29, 1.82) is 5.39 Å². The van der Waals surface area contributed by atoms with Crippen molar-refractivity contribution < 1.29 is 24.2 Å².